The van der Waals surface area contributed by atoms with Crippen LogP contribution < -0.4 is 4.72 Å². The third-order valence-corrected chi connectivity index (χ3v) is 5.22. The quantitative estimate of drug-likeness (QED) is 0.852. The van der Waals surface area contributed by atoms with E-state index in [4.69, 9.17) is 9.84 Å². The van der Waals surface area contributed by atoms with Crippen LogP contribution in [0.2, 0.25) is 0 Å². The van der Waals surface area contributed by atoms with Crippen LogP contribution in [0.25, 0.3) is 0 Å². The molecule has 1 aromatic rings. The van der Waals surface area contributed by atoms with Crippen LogP contribution in [0.1, 0.15) is 16.8 Å². The maximum absolute atomic E-state index is 12.1. The number of carbonyl (C=O) groups is 1. The van der Waals surface area contributed by atoms with Crippen LogP contribution in [-0.2, 0) is 14.8 Å². The van der Waals surface area contributed by atoms with Gasteiger partial charge in [0.1, 0.15) is 0 Å². The van der Waals surface area contributed by atoms with E-state index in [1.807, 2.05) is 0 Å². The molecule has 0 aliphatic carbocycles. The van der Waals surface area contributed by atoms with Crippen molar-refractivity contribution < 1.29 is 23.1 Å². The van der Waals surface area contributed by atoms with E-state index in [1.54, 1.807) is 0 Å². The fourth-order valence-electron chi connectivity index (χ4n) is 1.76. The van der Waals surface area contributed by atoms with Gasteiger partial charge in [0.05, 0.1) is 17.1 Å². The van der Waals surface area contributed by atoms with E-state index < -0.39 is 16.0 Å². The summed E-state index contributed by atoms with van der Waals surface area (Å²) in [5.41, 5.74) is 0.0232. The third-order valence-electron chi connectivity index (χ3n) is 2.72. The zero-order valence-corrected chi connectivity index (χ0v) is 12.2. The number of hydrogen-bond donors (Lipinski definition) is 2. The van der Waals surface area contributed by atoms with Gasteiger partial charge in [-0.2, -0.15) is 0 Å². The van der Waals surface area contributed by atoms with Gasteiger partial charge in [0.15, 0.2) is 0 Å². The van der Waals surface area contributed by atoms with Crippen molar-refractivity contribution in [3.8, 4) is 0 Å². The molecule has 1 heterocycles. The molecule has 1 atom stereocenters. The van der Waals surface area contributed by atoms with E-state index in [0.29, 0.717) is 19.6 Å². The monoisotopic (exact) mass is 349 g/mol. The topological polar surface area (TPSA) is 92.7 Å². The average molecular weight is 350 g/mol. The maximum atomic E-state index is 12.1. The van der Waals surface area contributed by atoms with E-state index >= 15 is 0 Å². The normalized spacial score (nSPS) is 19.5. The first-order valence-corrected chi connectivity index (χ1v) is 7.81. The number of aromatic carboxylic acids is 1. The molecule has 2 rings (SSSR count). The summed E-state index contributed by atoms with van der Waals surface area (Å²) in [6.07, 6.45) is 0.629. The minimum atomic E-state index is -3.69. The van der Waals surface area contributed by atoms with Crippen molar-refractivity contribution in [3.05, 3.63) is 28.2 Å². The molecule has 1 aliphatic rings. The van der Waals surface area contributed by atoms with Gasteiger partial charge < -0.3 is 9.84 Å². The van der Waals surface area contributed by atoms with Crippen LogP contribution in [0.15, 0.2) is 27.6 Å². The number of carboxylic acids is 1. The molecule has 1 aliphatic heterocycles. The van der Waals surface area contributed by atoms with E-state index in [0.717, 1.165) is 0 Å². The molecule has 1 aromatic carbocycles. The van der Waals surface area contributed by atoms with E-state index in [1.165, 1.54) is 18.2 Å². The first-order chi connectivity index (χ1) is 8.90. The van der Waals surface area contributed by atoms with E-state index in [9.17, 15) is 13.2 Å². The molecule has 104 valence electrons. The molecular formula is C11H12BrNO5S. The fraction of sp³-hybridized carbons (Fsp3) is 0.364. The van der Waals surface area contributed by atoms with Crippen molar-refractivity contribution in [2.75, 3.05) is 13.2 Å². The summed E-state index contributed by atoms with van der Waals surface area (Å²) in [5, 5.41) is 8.83. The van der Waals surface area contributed by atoms with Crippen LogP contribution in [0.5, 0.6) is 0 Å². The Balaban J connectivity index is 2.27. The number of hydrogen-bond acceptors (Lipinski definition) is 4. The van der Waals surface area contributed by atoms with Crippen molar-refractivity contribution >= 4 is 31.9 Å². The Morgan fingerprint density at radius 3 is 2.74 bits per heavy atom. The summed E-state index contributed by atoms with van der Waals surface area (Å²) in [6, 6.07) is 3.55. The average Bonchev–Trinajstić information content (AvgIpc) is 2.80. The first-order valence-electron chi connectivity index (χ1n) is 5.53. The van der Waals surface area contributed by atoms with Crippen molar-refractivity contribution in [1.82, 2.24) is 4.72 Å². The lowest BCUT2D eigenvalue weighted by molar-refractivity contribution is 0.0696. The van der Waals surface area contributed by atoms with Crippen LogP contribution in [0, 0.1) is 0 Å². The highest BCUT2D eigenvalue weighted by Crippen LogP contribution is 2.24. The maximum Gasteiger partial charge on any atom is 0.335 e. The van der Waals surface area contributed by atoms with Gasteiger partial charge in [-0.3, -0.25) is 0 Å². The van der Waals surface area contributed by atoms with Crippen LogP contribution >= 0.6 is 15.9 Å². The van der Waals surface area contributed by atoms with Crippen molar-refractivity contribution in [3.63, 3.8) is 0 Å². The molecule has 0 aromatic heterocycles. The summed E-state index contributed by atoms with van der Waals surface area (Å²) in [4.78, 5) is 10.8. The van der Waals surface area contributed by atoms with E-state index in [2.05, 4.69) is 20.7 Å². The van der Waals surface area contributed by atoms with Crippen molar-refractivity contribution in [2.24, 2.45) is 0 Å². The fourth-order valence-corrected chi connectivity index (χ4v) is 4.09. The standard InChI is InChI=1S/C11H12BrNO5S/c12-9-5-7(11(14)15)1-2-10(9)19(16,17)13-8-3-4-18-6-8/h1-2,5,8,13H,3-4,6H2,(H,14,15). The molecule has 1 saturated heterocycles. The van der Waals surface area contributed by atoms with Gasteiger partial charge in [-0.25, -0.2) is 17.9 Å². The smallest absolute Gasteiger partial charge is 0.335 e. The predicted octanol–water partition coefficient (Wildman–Crippen LogP) is 1.21. The van der Waals surface area contributed by atoms with Crippen LogP contribution in [0.4, 0.5) is 0 Å². The number of sulfonamides is 1. The lowest BCUT2D eigenvalue weighted by atomic mass is 10.2. The Morgan fingerprint density at radius 2 is 2.21 bits per heavy atom. The zero-order chi connectivity index (χ0) is 14.0. The molecule has 1 unspecified atom stereocenters. The predicted molar refractivity (Wildman–Crippen MR) is 70.6 cm³/mol. The lowest BCUT2D eigenvalue weighted by Gasteiger charge is -2.12. The Morgan fingerprint density at radius 1 is 1.47 bits per heavy atom. The Labute approximate surface area is 118 Å². The highest BCUT2D eigenvalue weighted by molar-refractivity contribution is 9.10. The lowest BCUT2D eigenvalue weighted by Crippen LogP contribution is -2.35. The van der Waals surface area contributed by atoms with Crippen LogP contribution in [-0.4, -0.2) is 38.7 Å². The number of carboxylic acid groups (broad SMARTS) is 1. The molecule has 0 amide bonds. The van der Waals surface area contributed by atoms with Gasteiger partial charge in [-0.1, -0.05) is 0 Å². The molecule has 0 bridgehead atoms. The number of rotatable bonds is 4. The van der Waals surface area contributed by atoms with E-state index in [-0.39, 0.29) is 21.0 Å². The van der Waals surface area contributed by atoms with Crippen LogP contribution in [0.3, 0.4) is 0 Å². The minimum Gasteiger partial charge on any atom is -0.478 e. The SMILES string of the molecule is O=C(O)c1ccc(S(=O)(=O)NC2CCOC2)c(Br)c1. The van der Waals surface area contributed by atoms with Gasteiger partial charge in [0.2, 0.25) is 10.0 Å². The second kappa shape index (κ2) is 5.58. The molecule has 0 saturated carbocycles. The molecule has 8 heteroatoms. The highest BCUT2D eigenvalue weighted by Gasteiger charge is 2.25. The molecular weight excluding hydrogens is 338 g/mol. The van der Waals surface area contributed by atoms with Gasteiger partial charge in [-0.15, -0.1) is 0 Å². The summed E-state index contributed by atoms with van der Waals surface area (Å²) < 4.78 is 32.1. The second-order valence-electron chi connectivity index (χ2n) is 4.13. The van der Waals surface area contributed by atoms with Gasteiger partial charge in [-0.05, 0) is 40.5 Å². The molecule has 0 spiro atoms. The van der Waals surface area contributed by atoms with Gasteiger partial charge >= 0.3 is 5.97 Å². The van der Waals surface area contributed by atoms with Crippen molar-refractivity contribution in [2.45, 2.75) is 17.4 Å². The van der Waals surface area contributed by atoms with Gasteiger partial charge in [0.25, 0.3) is 0 Å². The number of halogens is 1. The third kappa shape index (κ3) is 3.33. The van der Waals surface area contributed by atoms with Gasteiger partial charge in [0, 0.05) is 17.1 Å². The number of ether oxygens (including phenoxy) is 1. The largest absolute Gasteiger partial charge is 0.478 e. The molecule has 1 fully saturated rings. The Bertz CT molecular complexity index is 595. The molecule has 2 N–H and O–H groups in total. The number of nitrogens with one attached hydrogen (secondary N) is 1. The summed E-state index contributed by atoms with van der Waals surface area (Å²) in [7, 11) is -3.69. The summed E-state index contributed by atoms with van der Waals surface area (Å²) in [6.45, 7) is 0.885. The number of benzene rings is 1. The molecule has 0 radical (unpaired) electrons. The summed E-state index contributed by atoms with van der Waals surface area (Å²) in [5.74, 6) is -1.11. The molecule has 6 nitrogen and oxygen atoms in total. The molecule has 19 heavy (non-hydrogen) atoms. The summed E-state index contributed by atoms with van der Waals surface area (Å²) >= 11 is 3.09. The Kier molecular flexibility index (Phi) is 4.24. The van der Waals surface area contributed by atoms with Crippen molar-refractivity contribution in [1.29, 1.82) is 0 Å². The second-order valence-corrected chi connectivity index (χ2v) is 6.67. The Hall–Kier alpha value is -0.960. The zero-order valence-electron chi connectivity index (χ0n) is 9.80. The first kappa shape index (κ1) is 14.4. The highest BCUT2D eigenvalue weighted by atomic mass is 79.9. The minimum absolute atomic E-state index is 0.0180.